The van der Waals surface area contributed by atoms with Gasteiger partial charge < -0.3 is 9.53 Å². The van der Waals surface area contributed by atoms with E-state index >= 15 is 0 Å². The topological polar surface area (TPSA) is 77.3 Å². The first-order valence-electron chi connectivity index (χ1n) is 5.72. The first kappa shape index (κ1) is 15.0. The van der Waals surface area contributed by atoms with Gasteiger partial charge in [-0.3, -0.25) is 8.87 Å². The summed E-state index contributed by atoms with van der Waals surface area (Å²) >= 11 is 2.14. The fourth-order valence-electron chi connectivity index (χ4n) is 1.60. The minimum Gasteiger partial charge on any atom is -0.449 e. The molecule has 0 saturated heterocycles. The van der Waals surface area contributed by atoms with Crippen LogP contribution in [-0.2, 0) is 9.53 Å². The molecule has 9 heteroatoms. The van der Waals surface area contributed by atoms with Gasteiger partial charge in [0, 0.05) is 36.5 Å². The lowest BCUT2D eigenvalue weighted by Gasteiger charge is -2.17. The number of halogens is 1. The molecule has 0 atom stereocenters. The summed E-state index contributed by atoms with van der Waals surface area (Å²) in [7, 11) is 1.47. The Labute approximate surface area is 131 Å². The maximum atomic E-state index is 11.8. The number of hydrogen-bond donors (Lipinski definition) is 0. The molecule has 0 fully saturated rings. The number of aldehydes is 1. The van der Waals surface area contributed by atoms with Crippen molar-refractivity contribution in [2.75, 3.05) is 18.1 Å². The molecule has 2 heterocycles. The summed E-state index contributed by atoms with van der Waals surface area (Å²) in [5.74, 6) is 0.291. The SMILES string of the molecule is CCOC(=O)N(CC=O)c1cnc2c(ccn2SI)n1. The van der Waals surface area contributed by atoms with E-state index in [2.05, 4.69) is 31.2 Å². The zero-order valence-electron chi connectivity index (χ0n) is 10.5. The summed E-state index contributed by atoms with van der Waals surface area (Å²) in [5, 5.41) is 0. The highest BCUT2D eigenvalue weighted by atomic mass is 127. The Morgan fingerprint density at radius 1 is 1.65 bits per heavy atom. The van der Waals surface area contributed by atoms with Gasteiger partial charge in [0.05, 0.1) is 19.3 Å². The van der Waals surface area contributed by atoms with Crippen molar-refractivity contribution in [1.82, 2.24) is 13.9 Å². The van der Waals surface area contributed by atoms with Crippen LogP contribution in [0.25, 0.3) is 11.2 Å². The van der Waals surface area contributed by atoms with E-state index in [1.165, 1.54) is 15.3 Å². The molecule has 7 nitrogen and oxygen atoms in total. The van der Waals surface area contributed by atoms with E-state index in [0.717, 1.165) is 4.90 Å². The van der Waals surface area contributed by atoms with Crippen LogP contribution in [0, 0.1) is 0 Å². The molecule has 1 amide bonds. The minimum atomic E-state index is -0.615. The number of nitrogens with zero attached hydrogens (tertiary/aromatic N) is 4. The van der Waals surface area contributed by atoms with Gasteiger partial charge in [-0.1, -0.05) is 0 Å². The monoisotopic (exact) mass is 406 g/mol. The second-order valence-corrected chi connectivity index (χ2v) is 5.34. The van der Waals surface area contributed by atoms with Crippen LogP contribution in [0.3, 0.4) is 0 Å². The van der Waals surface area contributed by atoms with Crippen molar-refractivity contribution in [1.29, 1.82) is 0 Å². The third kappa shape index (κ3) is 3.03. The molecular weight excluding hydrogens is 395 g/mol. The lowest BCUT2D eigenvalue weighted by atomic mass is 10.5. The highest BCUT2D eigenvalue weighted by Gasteiger charge is 2.19. The van der Waals surface area contributed by atoms with Crippen LogP contribution >= 0.6 is 30.3 Å². The second-order valence-electron chi connectivity index (χ2n) is 3.62. The predicted molar refractivity (Wildman–Crippen MR) is 85.0 cm³/mol. The van der Waals surface area contributed by atoms with Crippen molar-refractivity contribution in [2.24, 2.45) is 0 Å². The van der Waals surface area contributed by atoms with E-state index in [0.29, 0.717) is 23.3 Å². The fraction of sp³-hybridized carbons (Fsp3) is 0.273. The first-order chi connectivity index (χ1) is 9.71. The van der Waals surface area contributed by atoms with Crippen LogP contribution in [0.1, 0.15) is 6.92 Å². The van der Waals surface area contributed by atoms with E-state index in [9.17, 15) is 9.59 Å². The van der Waals surface area contributed by atoms with Gasteiger partial charge in [0.25, 0.3) is 0 Å². The highest BCUT2D eigenvalue weighted by molar-refractivity contribution is 14.2. The summed E-state index contributed by atoms with van der Waals surface area (Å²) in [6, 6.07) is 1.79. The molecule has 106 valence electrons. The number of carbonyl (C=O) groups is 2. The van der Waals surface area contributed by atoms with Gasteiger partial charge in [-0.05, 0) is 13.0 Å². The lowest BCUT2D eigenvalue weighted by molar-refractivity contribution is -0.106. The van der Waals surface area contributed by atoms with Crippen molar-refractivity contribution < 1.29 is 14.3 Å². The Balaban J connectivity index is 2.38. The molecule has 2 rings (SSSR count). The molecule has 0 bridgehead atoms. The van der Waals surface area contributed by atoms with Crippen molar-refractivity contribution in [3.63, 3.8) is 0 Å². The molecular formula is C11H11IN4O3S. The Morgan fingerprint density at radius 2 is 2.45 bits per heavy atom. The zero-order valence-corrected chi connectivity index (χ0v) is 13.5. The summed E-state index contributed by atoms with van der Waals surface area (Å²) in [4.78, 5) is 32.3. The average Bonchev–Trinajstić information content (AvgIpc) is 2.87. The zero-order chi connectivity index (χ0) is 14.5. The van der Waals surface area contributed by atoms with E-state index < -0.39 is 6.09 Å². The highest BCUT2D eigenvalue weighted by Crippen LogP contribution is 2.23. The molecule has 0 unspecified atom stereocenters. The summed E-state index contributed by atoms with van der Waals surface area (Å²) < 4.78 is 6.75. The largest absolute Gasteiger partial charge is 0.449 e. The number of ether oxygens (including phenoxy) is 1. The number of amides is 1. The third-order valence-electron chi connectivity index (χ3n) is 2.44. The van der Waals surface area contributed by atoms with Crippen molar-refractivity contribution >= 4 is 59.7 Å². The standard InChI is InChI=1S/C11H11IN4O3S/c1-2-19-11(18)15(5-6-17)9-7-13-10-8(14-9)3-4-16(10)20-12/h3-4,6-7H,2,5H2,1H3. The Hall–Kier alpha value is -1.36. The smallest absolute Gasteiger partial charge is 0.415 e. The van der Waals surface area contributed by atoms with Crippen molar-refractivity contribution in [3.05, 3.63) is 18.5 Å². The normalized spacial score (nSPS) is 10.5. The van der Waals surface area contributed by atoms with Crippen molar-refractivity contribution in [2.45, 2.75) is 6.92 Å². The van der Waals surface area contributed by atoms with Crippen LogP contribution in [-0.4, -0.2) is 39.5 Å². The molecule has 0 saturated carbocycles. The lowest BCUT2D eigenvalue weighted by Crippen LogP contribution is -2.34. The number of anilines is 1. The second kappa shape index (κ2) is 6.88. The summed E-state index contributed by atoms with van der Waals surface area (Å²) in [6.07, 6.45) is 3.29. The Kier molecular flexibility index (Phi) is 5.17. The number of hydrogen-bond acceptors (Lipinski definition) is 6. The average molecular weight is 406 g/mol. The quantitative estimate of drug-likeness (QED) is 0.561. The van der Waals surface area contributed by atoms with Gasteiger partial charge in [-0.15, -0.1) is 0 Å². The maximum Gasteiger partial charge on any atom is 0.415 e. The van der Waals surface area contributed by atoms with Gasteiger partial charge in [-0.2, -0.15) is 0 Å². The summed E-state index contributed by atoms with van der Waals surface area (Å²) in [6.45, 7) is 1.80. The van der Waals surface area contributed by atoms with Crippen LogP contribution in [0.4, 0.5) is 10.6 Å². The molecule has 2 aromatic rings. The van der Waals surface area contributed by atoms with Crippen LogP contribution in [0.2, 0.25) is 0 Å². The van der Waals surface area contributed by atoms with Gasteiger partial charge in [-0.25, -0.2) is 14.8 Å². The third-order valence-corrected chi connectivity index (χ3v) is 4.16. The number of rotatable bonds is 5. The first-order valence-corrected chi connectivity index (χ1v) is 9.04. The molecule has 0 aliphatic rings. The van der Waals surface area contributed by atoms with Crippen LogP contribution in [0.5, 0.6) is 0 Å². The number of carbonyl (C=O) groups excluding carboxylic acids is 2. The minimum absolute atomic E-state index is 0.124. The molecule has 0 aliphatic carbocycles. The van der Waals surface area contributed by atoms with E-state index in [-0.39, 0.29) is 13.2 Å². The Bertz CT molecular complexity index is 633. The number of aromatic nitrogens is 3. The molecule has 0 spiro atoms. The fourth-order valence-corrected chi connectivity index (χ4v) is 2.87. The molecule has 0 aliphatic heterocycles. The van der Waals surface area contributed by atoms with Gasteiger partial charge in [0.2, 0.25) is 0 Å². The molecule has 20 heavy (non-hydrogen) atoms. The molecule has 0 aromatic carbocycles. The van der Waals surface area contributed by atoms with Gasteiger partial charge in [0.1, 0.15) is 11.8 Å². The van der Waals surface area contributed by atoms with Gasteiger partial charge in [0.15, 0.2) is 11.5 Å². The maximum absolute atomic E-state index is 11.8. The van der Waals surface area contributed by atoms with Crippen LogP contribution in [0.15, 0.2) is 18.5 Å². The predicted octanol–water partition coefficient (Wildman–Crippen LogP) is 2.44. The molecule has 0 radical (unpaired) electrons. The Morgan fingerprint density at radius 3 is 3.10 bits per heavy atom. The van der Waals surface area contributed by atoms with Crippen LogP contribution < -0.4 is 4.90 Å². The van der Waals surface area contributed by atoms with E-state index in [1.54, 1.807) is 13.0 Å². The van der Waals surface area contributed by atoms with Gasteiger partial charge >= 0.3 is 6.09 Å². The van der Waals surface area contributed by atoms with E-state index in [4.69, 9.17) is 4.74 Å². The molecule has 2 aromatic heterocycles. The van der Waals surface area contributed by atoms with E-state index in [1.807, 2.05) is 10.2 Å². The molecule has 0 N–H and O–H groups in total. The number of fused-ring (bicyclic) bond motifs is 1. The van der Waals surface area contributed by atoms with Crippen molar-refractivity contribution in [3.8, 4) is 0 Å². The summed E-state index contributed by atoms with van der Waals surface area (Å²) in [5.41, 5.74) is 1.34.